The number of amides is 1. The Morgan fingerprint density at radius 3 is 2.67 bits per heavy atom. The summed E-state index contributed by atoms with van der Waals surface area (Å²) in [4.78, 5) is 23.2. The quantitative estimate of drug-likeness (QED) is 0.780. The van der Waals surface area contributed by atoms with Crippen LogP contribution in [0.1, 0.15) is 28.8 Å². The van der Waals surface area contributed by atoms with E-state index < -0.39 is 15.8 Å². The van der Waals surface area contributed by atoms with Crippen molar-refractivity contribution in [3.8, 4) is 0 Å². The van der Waals surface area contributed by atoms with Gasteiger partial charge in [-0.1, -0.05) is 12.1 Å². The highest BCUT2D eigenvalue weighted by Gasteiger charge is 2.23. The molecule has 0 radical (unpaired) electrons. The molecule has 1 aromatic carbocycles. The van der Waals surface area contributed by atoms with Gasteiger partial charge in [-0.25, -0.2) is 13.2 Å². The standard InChI is InChI=1S/C14H17NO5S/c1-21(18,19)9-10-3-2-4-11(7-10)14(17)20-8-13(16)15-12-5-6-12/h2-4,7,12H,5-6,8-9H2,1H3,(H,15,16). The van der Waals surface area contributed by atoms with Gasteiger partial charge < -0.3 is 10.1 Å². The summed E-state index contributed by atoms with van der Waals surface area (Å²) in [5.74, 6) is -1.11. The highest BCUT2D eigenvalue weighted by atomic mass is 32.2. The Kier molecular flexibility index (Phi) is 4.62. The summed E-state index contributed by atoms with van der Waals surface area (Å²) in [5, 5.41) is 2.71. The number of benzene rings is 1. The van der Waals surface area contributed by atoms with Gasteiger partial charge in [0.1, 0.15) is 0 Å². The zero-order valence-corrected chi connectivity index (χ0v) is 12.5. The lowest BCUT2D eigenvalue weighted by atomic mass is 10.1. The average Bonchev–Trinajstić information content (AvgIpc) is 3.18. The minimum Gasteiger partial charge on any atom is -0.452 e. The summed E-state index contributed by atoms with van der Waals surface area (Å²) in [7, 11) is -3.17. The highest BCUT2D eigenvalue weighted by Crippen LogP contribution is 2.18. The fourth-order valence-corrected chi connectivity index (χ4v) is 2.59. The number of ether oxygens (including phenoxy) is 1. The first-order chi connectivity index (χ1) is 9.83. The van der Waals surface area contributed by atoms with E-state index in [4.69, 9.17) is 4.74 Å². The van der Waals surface area contributed by atoms with Crippen molar-refractivity contribution < 1.29 is 22.7 Å². The Hall–Kier alpha value is -1.89. The predicted molar refractivity (Wildman–Crippen MR) is 76.4 cm³/mol. The molecule has 7 heteroatoms. The van der Waals surface area contributed by atoms with Crippen LogP contribution in [0.5, 0.6) is 0 Å². The Bertz CT molecular complexity index is 649. The van der Waals surface area contributed by atoms with Crippen molar-refractivity contribution in [2.45, 2.75) is 24.6 Å². The second-order valence-electron chi connectivity index (χ2n) is 5.19. The fraction of sp³-hybridized carbons (Fsp3) is 0.429. The lowest BCUT2D eigenvalue weighted by Crippen LogP contribution is -2.30. The number of nitrogens with one attached hydrogen (secondary N) is 1. The molecule has 0 atom stereocenters. The van der Waals surface area contributed by atoms with Crippen LogP contribution in [0.3, 0.4) is 0 Å². The van der Waals surface area contributed by atoms with Crippen molar-refractivity contribution in [1.82, 2.24) is 5.32 Å². The van der Waals surface area contributed by atoms with Crippen molar-refractivity contribution in [3.05, 3.63) is 35.4 Å². The Morgan fingerprint density at radius 1 is 1.33 bits per heavy atom. The van der Waals surface area contributed by atoms with Crippen molar-refractivity contribution in [2.75, 3.05) is 12.9 Å². The maximum Gasteiger partial charge on any atom is 0.338 e. The van der Waals surface area contributed by atoms with Crippen molar-refractivity contribution >= 4 is 21.7 Å². The van der Waals surface area contributed by atoms with Crippen LogP contribution in [0.4, 0.5) is 0 Å². The van der Waals surface area contributed by atoms with Crippen LogP contribution in [-0.2, 0) is 25.1 Å². The molecule has 1 N–H and O–H groups in total. The molecule has 1 aliphatic carbocycles. The minimum absolute atomic E-state index is 0.143. The van der Waals surface area contributed by atoms with Crippen LogP contribution in [0.25, 0.3) is 0 Å². The van der Waals surface area contributed by atoms with Crippen molar-refractivity contribution in [3.63, 3.8) is 0 Å². The number of hydrogen-bond donors (Lipinski definition) is 1. The number of esters is 1. The van der Waals surface area contributed by atoms with E-state index in [9.17, 15) is 18.0 Å². The zero-order valence-electron chi connectivity index (χ0n) is 11.7. The summed E-state index contributed by atoms with van der Waals surface area (Å²) in [6.45, 7) is -0.328. The molecule has 0 spiro atoms. The van der Waals surface area contributed by atoms with Crippen LogP contribution in [-0.4, -0.2) is 39.2 Å². The van der Waals surface area contributed by atoms with Crippen LogP contribution in [0.2, 0.25) is 0 Å². The van der Waals surface area contributed by atoms with Crippen LogP contribution < -0.4 is 5.32 Å². The second kappa shape index (κ2) is 6.26. The van der Waals surface area contributed by atoms with Crippen molar-refractivity contribution in [1.29, 1.82) is 0 Å². The van der Waals surface area contributed by atoms with Gasteiger partial charge in [-0.05, 0) is 30.5 Å². The summed E-state index contributed by atoms with van der Waals surface area (Å²) < 4.78 is 27.4. The smallest absolute Gasteiger partial charge is 0.338 e. The van der Waals surface area contributed by atoms with Gasteiger partial charge in [-0.3, -0.25) is 4.79 Å². The van der Waals surface area contributed by atoms with Gasteiger partial charge in [0, 0.05) is 12.3 Å². The van der Waals surface area contributed by atoms with E-state index in [0.29, 0.717) is 5.56 Å². The molecule has 0 aliphatic heterocycles. The van der Waals surface area contributed by atoms with Gasteiger partial charge in [0.2, 0.25) is 0 Å². The van der Waals surface area contributed by atoms with E-state index >= 15 is 0 Å². The zero-order chi connectivity index (χ0) is 15.5. The molecular formula is C14H17NO5S. The third-order valence-electron chi connectivity index (χ3n) is 2.87. The predicted octanol–water partition coefficient (Wildman–Crippen LogP) is 0.667. The molecule has 6 nitrogen and oxygen atoms in total. The number of sulfone groups is 1. The molecule has 0 aromatic heterocycles. The van der Waals surface area contributed by atoms with E-state index in [1.54, 1.807) is 12.1 Å². The molecule has 2 rings (SSSR count). The maximum atomic E-state index is 11.8. The maximum absolute atomic E-state index is 11.8. The summed E-state index contributed by atoms with van der Waals surface area (Å²) in [6.07, 6.45) is 3.06. The fourth-order valence-electron chi connectivity index (χ4n) is 1.80. The average molecular weight is 311 g/mol. The molecule has 0 saturated heterocycles. The Morgan fingerprint density at radius 2 is 2.05 bits per heavy atom. The first-order valence-corrected chi connectivity index (χ1v) is 8.63. The Labute approximate surface area is 123 Å². The number of hydrogen-bond acceptors (Lipinski definition) is 5. The molecule has 21 heavy (non-hydrogen) atoms. The topological polar surface area (TPSA) is 89.5 Å². The molecule has 0 bridgehead atoms. The van der Waals surface area contributed by atoms with Gasteiger partial charge in [-0.15, -0.1) is 0 Å². The summed E-state index contributed by atoms with van der Waals surface area (Å²) >= 11 is 0. The lowest BCUT2D eigenvalue weighted by Gasteiger charge is -2.06. The summed E-state index contributed by atoms with van der Waals surface area (Å²) in [5.41, 5.74) is 0.741. The summed E-state index contributed by atoms with van der Waals surface area (Å²) in [6, 6.07) is 6.41. The van der Waals surface area contributed by atoms with Crippen LogP contribution in [0, 0.1) is 0 Å². The number of carbonyl (C=O) groups is 2. The van der Waals surface area contributed by atoms with Gasteiger partial charge in [0.15, 0.2) is 16.4 Å². The molecule has 1 aliphatic rings. The molecule has 1 fully saturated rings. The van der Waals surface area contributed by atoms with E-state index in [1.807, 2.05) is 0 Å². The minimum atomic E-state index is -3.17. The van der Waals surface area contributed by atoms with Gasteiger partial charge in [0.25, 0.3) is 5.91 Å². The molecule has 0 unspecified atom stereocenters. The normalized spacial score (nSPS) is 14.5. The molecule has 114 valence electrons. The first-order valence-electron chi connectivity index (χ1n) is 6.56. The van der Waals surface area contributed by atoms with Crippen LogP contribution in [0.15, 0.2) is 24.3 Å². The third kappa shape index (κ3) is 5.55. The molecule has 1 amide bonds. The van der Waals surface area contributed by atoms with E-state index in [-0.39, 0.29) is 29.9 Å². The van der Waals surface area contributed by atoms with Gasteiger partial charge in [-0.2, -0.15) is 0 Å². The lowest BCUT2D eigenvalue weighted by molar-refractivity contribution is -0.124. The molecule has 1 saturated carbocycles. The van der Waals surface area contributed by atoms with Crippen LogP contribution >= 0.6 is 0 Å². The largest absolute Gasteiger partial charge is 0.452 e. The first kappa shape index (κ1) is 15.5. The number of rotatable bonds is 6. The molecule has 1 aromatic rings. The van der Waals surface area contributed by atoms with Crippen molar-refractivity contribution in [2.24, 2.45) is 0 Å². The van der Waals surface area contributed by atoms with E-state index in [0.717, 1.165) is 19.1 Å². The van der Waals surface area contributed by atoms with Gasteiger partial charge >= 0.3 is 5.97 Å². The molecular weight excluding hydrogens is 294 g/mol. The van der Waals surface area contributed by atoms with Gasteiger partial charge in [0.05, 0.1) is 11.3 Å². The molecule has 0 heterocycles. The van der Waals surface area contributed by atoms with E-state index in [1.165, 1.54) is 12.1 Å². The van der Waals surface area contributed by atoms with E-state index in [2.05, 4.69) is 5.32 Å². The third-order valence-corrected chi connectivity index (χ3v) is 3.73. The second-order valence-corrected chi connectivity index (χ2v) is 7.33. The Balaban J connectivity index is 1.92. The highest BCUT2D eigenvalue weighted by molar-refractivity contribution is 7.89. The monoisotopic (exact) mass is 311 g/mol. The SMILES string of the molecule is CS(=O)(=O)Cc1cccc(C(=O)OCC(=O)NC2CC2)c1. The number of carbonyl (C=O) groups excluding carboxylic acids is 2.